The van der Waals surface area contributed by atoms with Crippen LogP contribution in [0.15, 0.2) is 60.3 Å². The normalized spacial score (nSPS) is 15.5. The smallest absolute Gasteiger partial charge is 0.338 e. The second kappa shape index (κ2) is 10.9. The van der Waals surface area contributed by atoms with E-state index in [4.69, 9.17) is 18.9 Å². The fraction of sp³-hybridized carbons (Fsp3) is 0.346. The zero-order valence-corrected chi connectivity index (χ0v) is 23.2. The number of allylic oxidation sites excluding steroid dienone is 1. The first-order valence-electron chi connectivity index (χ1n) is 11.6. The Labute approximate surface area is 221 Å². The standard InChI is InChI=1S/C26H28BrN3O5S/c1-6-8-18-22(25(32)34-7-2)23(17-13-15(27)9-11-19(17)33-5)30-24(31)20(36-26(30)28-18)14-16-10-12-21(35-16)29(3)4/h9-14,23H,6-8H2,1-5H3/b20-14+/t23-/m0/s1. The lowest BCUT2D eigenvalue weighted by Gasteiger charge is -2.27. The maximum Gasteiger partial charge on any atom is 0.338 e. The fourth-order valence-electron chi connectivity index (χ4n) is 4.12. The number of nitrogens with zero attached hydrogens (tertiary/aromatic N) is 3. The minimum atomic E-state index is -0.759. The summed E-state index contributed by atoms with van der Waals surface area (Å²) in [7, 11) is 5.33. The lowest BCUT2D eigenvalue weighted by molar-refractivity contribution is -0.139. The Morgan fingerprint density at radius 2 is 2.06 bits per heavy atom. The van der Waals surface area contributed by atoms with E-state index >= 15 is 0 Å². The van der Waals surface area contributed by atoms with E-state index < -0.39 is 12.0 Å². The molecule has 0 amide bonds. The van der Waals surface area contributed by atoms with Gasteiger partial charge in [0.05, 0.1) is 29.5 Å². The number of anilines is 1. The van der Waals surface area contributed by atoms with Gasteiger partial charge in [-0.25, -0.2) is 9.79 Å². The molecule has 1 aromatic carbocycles. The van der Waals surface area contributed by atoms with Crippen LogP contribution in [0.2, 0.25) is 0 Å². The molecule has 8 nitrogen and oxygen atoms in total. The Bertz CT molecular complexity index is 1500. The summed E-state index contributed by atoms with van der Waals surface area (Å²) in [6, 6.07) is 8.43. The summed E-state index contributed by atoms with van der Waals surface area (Å²) in [6.07, 6.45) is 3.05. The van der Waals surface area contributed by atoms with Gasteiger partial charge in [-0.05, 0) is 37.6 Å². The highest BCUT2D eigenvalue weighted by Gasteiger charge is 2.36. The largest absolute Gasteiger partial charge is 0.496 e. The van der Waals surface area contributed by atoms with E-state index in [2.05, 4.69) is 15.9 Å². The molecular weight excluding hydrogens is 546 g/mol. The van der Waals surface area contributed by atoms with Crippen molar-refractivity contribution < 1.29 is 18.7 Å². The SMILES string of the molecule is CCCC1=C(C(=O)OCC)[C@H](c2cc(Br)ccc2OC)n2c(s/c(=C/c3ccc(N(C)C)o3)c2=O)=N1. The number of fused-ring (bicyclic) bond motifs is 1. The Morgan fingerprint density at radius 1 is 1.28 bits per heavy atom. The second-order valence-electron chi connectivity index (χ2n) is 8.37. The topological polar surface area (TPSA) is 86.3 Å². The number of thiazole rings is 1. The second-order valence-corrected chi connectivity index (χ2v) is 10.3. The molecule has 1 aliphatic heterocycles. The number of aromatic nitrogens is 1. The molecule has 0 aliphatic carbocycles. The van der Waals surface area contributed by atoms with Crippen molar-refractivity contribution >= 4 is 45.2 Å². The van der Waals surface area contributed by atoms with Crippen LogP contribution < -0.4 is 24.5 Å². The van der Waals surface area contributed by atoms with Crippen LogP contribution >= 0.6 is 27.3 Å². The number of carbonyl (C=O) groups excluding carboxylic acids is 1. The number of furan rings is 1. The van der Waals surface area contributed by atoms with Crippen molar-refractivity contribution in [2.45, 2.75) is 32.7 Å². The Balaban J connectivity index is 2.02. The molecule has 0 saturated carbocycles. The number of ether oxygens (including phenoxy) is 2. The lowest BCUT2D eigenvalue weighted by Crippen LogP contribution is -2.40. The molecule has 1 aliphatic rings. The Hall–Kier alpha value is -3.11. The van der Waals surface area contributed by atoms with Crippen molar-refractivity contribution in [2.75, 3.05) is 32.7 Å². The van der Waals surface area contributed by atoms with Gasteiger partial charge in [-0.3, -0.25) is 9.36 Å². The molecule has 0 unspecified atom stereocenters. The maximum atomic E-state index is 13.8. The van der Waals surface area contributed by atoms with E-state index in [1.165, 1.54) is 11.3 Å². The van der Waals surface area contributed by atoms with Crippen molar-refractivity contribution in [3.8, 4) is 5.75 Å². The van der Waals surface area contributed by atoms with Crippen LogP contribution in [0.3, 0.4) is 0 Å². The quantitative estimate of drug-likeness (QED) is 0.378. The zero-order valence-electron chi connectivity index (χ0n) is 20.8. The first kappa shape index (κ1) is 26.0. The van der Waals surface area contributed by atoms with Crippen molar-refractivity contribution in [3.63, 3.8) is 0 Å². The van der Waals surface area contributed by atoms with Gasteiger partial charge < -0.3 is 18.8 Å². The predicted molar refractivity (Wildman–Crippen MR) is 143 cm³/mol. The third-order valence-electron chi connectivity index (χ3n) is 5.71. The monoisotopic (exact) mass is 573 g/mol. The first-order chi connectivity index (χ1) is 17.3. The summed E-state index contributed by atoms with van der Waals surface area (Å²) in [5, 5.41) is 0. The molecule has 10 heteroatoms. The number of carbonyl (C=O) groups is 1. The number of hydrogen-bond acceptors (Lipinski definition) is 8. The van der Waals surface area contributed by atoms with E-state index in [0.29, 0.717) is 50.0 Å². The molecule has 0 fully saturated rings. The van der Waals surface area contributed by atoms with Crippen LogP contribution in [0.5, 0.6) is 5.75 Å². The summed E-state index contributed by atoms with van der Waals surface area (Å²) < 4.78 is 19.7. The van der Waals surface area contributed by atoms with Crippen LogP contribution in [0.4, 0.5) is 5.88 Å². The summed E-state index contributed by atoms with van der Waals surface area (Å²) in [5.74, 6) is 1.30. The molecule has 0 radical (unpaired) electrons. The molecule has 190 valence electrons. The third-order valence-corrected chi connectivity index (χ3v) is 7.18. The van der Waals surface area contributed by atoms with Gasteiger partial charge in [0.25, 0.3) is 5.56 Å². The summed E-state index contributed by atoms with van der Waals surface area (Å²) in [4.78, 5) is 34.3. The lowest BCUT2D eigenvalue weighted by atomic mass is 9.93. The van der Waals surface area contributed by atoms with Gasteiger partial charge in [0.2, 0.25) is 0 Å². The van der Waals surface area contributed by atoms with Crippen molar-refractivity contribution in [2.24, 2.45) is 4.99 Å². The Morgan fingerprint density at radius 3 is 2.69 bits per heavy atom. The number of halogens is 1. The van der Waals surface area contributed by atoms with Crippen molar-refractivity contribution in [1.82, 2.24) is 4.57 Å². The highest BCUT2D eigenvalue weighted by Crippen LogP contribution is 2.38. The van der Waals surface area contributed by atoms with Gasteiger partial charge in [0, 0.05) is 36.3 Å². The molecule has 3 heterocycles. The van der Waals surface area contributed by atoms with E-state index in [0.717, 1.165) is 10.9 Å². The van der Waals surface area contributed by atoms with Crippen LogP contribution in [-0.2, 0) is 9.53 Å². The van der Waals surface area contributed by atoms with E-state index in [1.807, 2.05) is 56.3 Å². The highest BCUT2D eigenvalue weighted by atomic mass is 79.9. The number of hydrogen-bond donors (Lipinski definition) is 0. The summed E-state index contributed by atoms with van der Waals surface area (Å²) in [5.41, 5.74) is 1.36. The van der Waals surface area contributed by atoms with Gasteiger partial charge in [0.15, 0.2) is 10.7 Å². The molecule has 0 bridgehead atoms. The number of rotatable bonds is 8. The molecule has 3 aromatic rings. The molecule has 0 N–H and O–H groups in total. The summed E-state index contributed by atoms with van der Waals surface area (Å²) >= 11 is 4.79. The molecule has 1 atom stereocenters. The van der Waals surface area contributed by atoms with Crippen molar-refractivity contribution in [3.05, 3.63) is 77.1 Å². The van der Waals surface area contributed by atoms with Crippen LogP contribution in [0, 0.1) is 0 Å². The molecule has 36 heavy (non-hydrogen) atoms. The maximum absolute atomic E-state index is 13.8. The van der Waals surface area contributed by atoms with Crippen LogP contribution in [0.25, 0.3) is 6.08 Å². The molecule has 4 rings (SSSR count). The van der Waals surface area contributed by atoms with E-state index in [-0.39, 0.29) is 12.2 Å². The molecule has 2 aromatic heterocycles. The minimum Gasteiger partial charge on any atom is -0.496 e. The number of methoxy groups -OCH3 is 1. The van der Waals surface area contributed by atoms with Gasteiger partial charge in [-0.15, -0.1) is 0 Å². The summed E-state index contributed by atoms with van der Waals surface area (Å²) in [6.45, 7) is 3.99. The number of benzene rings is 1. The van der Waals surface area contributed by atoms with Crippen molar-refractivity contribution in [1.29, 1.82) is 0 Å². The van der Waals surface area contributed by atoms with Crippen LogP contribution in [-0.4, -0.2) is 38.3 Å². The van der Waals surface area contributed by atoms with E-state index in [9.17, 15) is 9.59 Å². The van der Waals surface area contributed by atoms with E-state index in [1.54, 1.807) is 24.7 Å². The molecule has 0 saturated heterocycles. The van der Waals surface area contributed by atoms with Gasteiger partial charge >= 0.3 is 5.97 Å². The zero-order chi connectivity index (χ0) is 26.0. The average Bonchev–Trinajstić information content (AvgIpc) is 3.43. The number of esters is 1. The van der Waals surface area contributed by atoms with Gasteiger partial charge in [0.1, 0.15) is 17.6 Å². The van der Waals surface area contributed by atoms with Gasteiger partial charge in [-0.2, -0.15) is 0 Å². The van der Waals surface area contributed by atoms with Crippen LogP contribution in [0.1, 0.15) is 44.1 Å². The molecule has 0 spiro atoms. The first-order valence-corrected chi connectivity index (χ1v) is 13.2. The third kappa shape index (κ3) is 4.92. The fourth-order valence-corrected chi connectivity index (χ4v) is 5.50. The highest BCUT2D eigenvalue weighted by molar-refractivity contribution is 9.10. The average molecular weight is 574 g/mol. The minimum absolute atomic E-state index is 0.210. The predicted octanol–water partition coefficient (Wildman–Crippen LogP) is 4.01. The van der Waals surface area contributed by atoms with Gasteiger partial charge in [-0.1, -0.05) is 40.6 Å². The Kier molecular flexibility index (Phi) is 7.85. The molecular formula is C26H28BrN3O5S.